The molecule has 1 aliphatic heterocycles. The van der Waals surface area contributed by atoms with Crippen molar-refractivity contribution in [3.05, 3.63) is 0 Å². The van der Waals surface area contributed by atoms with Crippen LogP contribution in [-0.2, 0) is 9.53 Å². The van der Waals surface area contributed by atoms with Crippen molar-refractivity contribution in [1.29, 1.82) is 0 Å². The lowest BCUT2D eigenvalue weighted by Gasteiger charge is -2.22. The monoisotopic (exact) mass is 167 g/mol. The molecule has 1 N–H and O–H groups in total. The summed E-state index contributed by atoms with van der Waals surface area (Å²) in [5.74, 6) is 2.42. The Morgan fingerprint density at radius 2 is 2.58 bits per heavy atom. The van der Waals surface area contributed by atoms with Crippen LogP contribution in [0.2, 0.25) is 0 Å². The van der Waals surface area contributed by atoms with Crippen molar-refractivity contribution in [2.24, 2.45) is 0 Å². The van der Waals surface area contributed by atoms with Crippen LogP contribution in [0.25, 0.3) is 0 Å². The first-order valence-corrected chi connectivity index (χ1v) is 4.10. The summed E-state index contributed by atoms with van der Waals surface area (Å²) in [5, 5.41) is 3.15. The molecule has 1 saturated heterocycles. The van der Waals surface area contributed by atoms with E-state index in [1.165, 1.54) is 0 Å². The maximum absolute atomic E-state index is 11.1. The second-order valence-corrected chi connectivity index (χ2v) is 2.82. The summed E-state index contributed by atoms with van der Waals surface area (Å²) in [6.45, 7) is 2.32. The van der Waals surface area contributed by atoms with Crippen molar-refractivity contribution >= 4 is 5.78 Å². The van der Waals surface area contributed by atoms with Crippen molar-refractivity contribution in [3.63, 3.8) is 0 Å². The van der Waals surface area contributed by atoms with Gasteiger partial charge >= 0.3 is 0 Å². The zero-order chi connectivity index (χ0) is 8.81. The standard InChI is InChI=1S/C9H13NO2/c1-2-3-8(11)6-9-7-10-4-5-12-9/h1,9-10H,3-7H2. The van der Waals surface area contributed by atoms with Gasteiger partial charge in [0.25, 0.3) is 0 Å². The highest BCUT2D eigenvalue weighted by atomic mass is 16.5. The highest BCUT2D eigenvalue weighted by molar-refractivity contribution is 5.81. The summed E-state index contributed by atoms with van der Waals surface area (Å²) in [6.07, 6.45) is 5.70. The normalized spacial score (nSPS) is 23.1. The Kier molecular flexibility index (Phi) is 3.78. The summed E-state index contributed by atoms with van der Waals surface area (Å²) in [4.78, 5) is 11.1. The van der Waals surface area contributed by atoms with Gasteiger partial charge in [-0.25, -0.2) is 0 Å². The third-order valence-corrected chi connectivity index (χ3v) is 1.76. The number of Topliss-reactive ketones (excluding diaryl/α,β-unsaturated/α-hetero) is 1. The molecule has 1 rings (SSSR count). The average molecular weight is 167 g/mol. The molecule has 0 aromatic rings. The van der Waals surface area contributed by atoms with Crippen LogP contribution < -0.4 is 5.32 Å². The largest absolute Gasteiger partial charge is 0.375 e. The first-order chi connectivity index (χ1) is 5.83. The molecule has 66 valence electrons. The highest BCUT2D eigenvalue weighted by Gasteiger charge is 2.16. The molecule has 1 atom stereocenters. The molecule has 3 heteroatoms. The fraction of sp³-hybridized carbons (Fsp3) is 0.667. The maximum atomic E-state index is 11.1. The molecule has 0 aliphatic carbocycles. The number of carbonyl (C=O) groups excluding carboxylic acids is 1. The molecular weight excluding hydrogens is 154 g/mol. The van der Waals surface area contributed by atoms with E-state index in [0.717, 1.165) is 13.1 Å². The van der Waals surface area contributed by atoms with Gasteiger partial charge in [0.1, 0.15) is 5.78 Å². The van der Waals surface area contributed by atoms with Gasteiger partial charge in [-0.2, -0.15) is 0 Å². The second kappa shape index (κ2) is 4.91. The number of carbonyl (C=O) groups is 1. The predicted molar refractivity (Wildman–Crippen MR) is 45.7 cm³/mol. The van der Waals surface area contributed by atoms with Gasteiger partial charge in [-0.3, -0.25) is 4.79 Å². The summed E-state index contributed by atoms with van der Waals surface area (Å²) in [5.41, 5.74) is 0. The van der Waals surface area contributed by atoms with Crippen molar-refractivity contribution in [2.75, 3.05) is 19.7 Å². The first-order valence-electron chi connectivity index (χ1n) is 4.10. The SMILES string of the molecule is C#CCC(=O)CC1CNCCO1. The number of hydrogen-bond acceptors (Lipinski definition) is 3. The van der Waals surface area contributed by atoms with E-state index in [9.17, 15) is 4.79 Å². The average Bonchev–Trinajstić information content (AvgIpc) is 2.06. The van der Waals surface area contributed by atoms with E-state index in [4.69, 9.17) is 11.2 Å². The number of morpholine rings is 1. The van der Waals surface area contributed by atoms with E-state index in [2.05, 4.69) is 11.2 Å². The van der Waals surface area contributed by atoms with E-state index >= 15 is 0 Å². The molecule has 0 spiro atoms. The number of terminal acetylenes is 1. The minimum atomic E-state index is 0.0274. The molecule has 1 aliphatic rings. The van der Waals surface area contributed by atoms with Crippen LogP contribution in [0.5, 0.6) is 0 Å². The van der Waals surface area contributed by atoms with Gasteiger partial charge in [-0.1, -0.05) is 5.92 Å². The molecule has 0 radical (unpaired) electrons. The molecule has 0 aromatic heterocycles. The van der Waals surface area contributed by atoms with Crippen molar-refractivity contribution < 1.29 is 9.53 Å². The van der Waals surface area contributed by atoms with E-state index in [-0.39, 0.29) is 18.3 Å². The van der Waals surface area contributed by atoms with Crippen LogP contribution in [0, 0.1) is 12.3 Å². The van der Waals surface area contributed by atoms with Gasteiger partial charge in [0.2, 0.25) is 0 Å². The van der Waals surface area contributed by atoms with Crippen LogP contribution in [0.1, 0.15) is 12.8 Å². The van der Waals surface area contributed by atoms with Gasteiger partial charge in [0.05, 0.1) is 19.1 Å². The van der Waals surface area contributed by atoms with Gasteiger partial charge in [0, 0.05) is 19.5 Å². The molecule has 12 heavy (non-hydrogen) atoms. The summed E-state index contributed by atoms with van der Waals surface area (Å²) < 4.78 is 5.34. The maximum Gasteiger partial charge on any atom is 0.147 e. The Hall–Kier alpha value is -0.850. The van der Waals surface area contributed by atoms with E-state index in [1.807, 2.05) is 0 Å². The number of nitrogens with one attached hydrogen (secondary N) is 1. The molecule has 0 saturated carbocycles. The van der Waals surface area contributed by atoms with Crippen LogP contribution in [0.4, 0.5) is 0 Å². The second-order valence-electron chi connectivity index (χ2n) is 2.82. The minimum Gasteiger partial charge on any atom is -0.375 e. The first kappa shape index (κ1) is 9.24. The van der Waals surface area contributed by atoms with Crippen molar-refractivity contribution in [3.8, 4) is 12.3 Å². The molecule has 0 aromatic carbocycles. The Morgan fingerprint density at radius 1 is 1.75 bits per heavy atom. The summed E-state index contributed by atoms with van der Waals surface area (Å²) >= 11 is 0. The van der Waals surface area contributed by atoms with Gasteiger partial charge in [0.15, 0.2) is 0 Å². The van der Waals surface area contributed by atoms with Crippen LogP contribution in [0.3, 0.4) is 0 Å². The van der Waals surface area contributed by atoms with Crippen molar-refractivity contribution in [1.82, 2.24) is 5.32 Å². The van der Waals surface area contributed by atoms with Gasteiger partial charge < -0.3 is 10.1 Å². The molecule has 0 amide bonds. The fourth-order valence-corrected chi connectivity index (χ4v) is 1.19. The number of ether oxygens (including phenoxy) is 1. The molecule has 1 fully saturated rings. The number of ketones is 1. The fourth-order valence-electron chi connectivity index (χ4n) is 1.19. The quantitative estimate of drug-likeness (QED) is 0.599. The van der Waals surface area contributed by atoms with Crippen molar-refractivity contribution in [2.45, 2.75) is 18.9 Å². The highest BCUT2D eigenvalue weighted by Crippen LogP contribution is 2.03. The summed E-state index contributed by atoms with van der Waals surface area (Å²) in [6, 6.07) is 0. The Balaban J connectivity index is 2.21. The van der Waals surface area contributed by atoms with E-state index in [0.29, 0.717) is 13.0 Å². The molecule has 1 heterocycles. The lowest BCUT2D eigenvalue weighted by atomic mass is 10.1. The molecule has 3 nitrogen and oxygen atoms in total. The van der Waals surface area contributed by atoms with Gasteiger partial charge in [-0.05, 0) is 0 Å². The lowest BCUT2D eigenvalue weighted by Crippen LogP contribution is -2.39. The Bertz CT molecular complexity index is 189. The topological polar surface area (TPSA) is 38.3 Å². The molecular formula is C9H13NO2. The third-order valence-electron chi connectivity index (χ3n) is 1.76. The van der Waals surface area contributed by atoms with Crippen LogP contribution in [0.15, 0.2) is 0 Å². The number of rotatable bonds is 3. The van der Waals surface area contributed by atoms with Crippen LogP contribution in [-0.4, -0.2) is 31.6 Å². The Labute approximate surface area is 72.5 Å². The zero-order valence-corrected chi connectivity index (χ0v) is 7.01. The zero-order valence-electron chi connectivity index (χ0n) is 7.01. The number of hydrogen-bond donors (Lipinski definition) is 1. The lowest BCUT2D eigenvalue weighted by molar-refractivity contribution is -0.121. The van der Waals surface area contributed by atoms with E-state index < -0.39 is 0 Å². The third kappa shape index (κ3) is 3.04. The Morgan fingerprint density at radius 3 is 3.17 bits per heavy atom. The van der Waals surface area contributed by atoms with Crippen LogP contribution >= 0.6 is 0 Å². The molecule has 0 bridgehead atoms. The van der Waals surface area contributed by atoms with E-state index in [1.54, 1.807) is 0 Å². The smallest absolute Gasteiger partial charge is 0.147 e. The predicted octanol–water partition coefficient (Wildman–Crippen LogP) is -0.0427. The summed E-state index contributed by atoms with van der Waals surface area (Å²) in [7, 11) is 0. The van der Waals surface area contributed by atoms with Gasteiger partial charge in [-0.15, -0.1) is 6.42 Å². The minimum absolute atomic E-state index is 0.0274. The molecule has 1 unspecified atom stereocenters.